The minimum atomic E-state index is -0.669. The largest absolute Gasteiger partial charge is 0.394 e. The van der Waals surface area contributed by atoms with Crippen LogP contribution in [0.25, 0.3) is 0 Å². The third-order valence-corrected chi connectivity index (χ3v) is 12.8. The first kappa shape index (κ1) is 61.1. The molecule has 0 fully saturated rings. The molecular formula is C59H109NO3. The molecule has 0 aliphatic heterocycles. The number of allylic oxidation sites excluding steroid dienone is 10. The molecule has 0 rings (SSSR count). The Hall–Kier alpha value is -1.91. The van der Waals surface area contributed by atoms with Crippen LogP contribution in [0.4, 0.5) is 0 Å². The fourth-order valence-corrected chi connectivity index (χ4v) is 8.57. The van der Waals surface area contributed by atoms with Crippen molar-refractivity contribution in [3.8, 4) is 0 Å². The third-order valence-electron chi connectivity index (χ3n) is 12.8. The molecule has 368 valence electrons. The molecule has 0 aliphatic carbocycles. The molecule has 0 aromatic carbocycles. The SMILES string of the molecule is CC/C=C\C/C=C\C/C=C\C/C=C\C/C=C\CCCCCCCCCC(=O)NC(CO)C(O)CCCCCCCCCCCCCCCCCCCCCCCCCCCCCC. The van der Waals surface area contributed by atoms with Crippen LogP contribution in [0.3, 0.4) is 0 Å². The quantitative estimate of drug-likeness (QED) is 0.0421. The minimum Gasteiger partial charge on any atom is -0.394 e. The van der Waals surface area contributed by atoms with Gasteiger partial charge in [-0.1, -0.05) is 286 Å². The fraction of sp³-hybridized carbons (Fsp3) is 0.814. The van der Waals surface area contributed by atoms with E-state index < -0.39 is 12.1 Å². The van der Waals surface area contributed by atoms with Crippen LogP contribution in [-0.4, -0.2) is 34.9 Å². The van der Waals surface area contributed by atoms with Gasteiger partial charge >= 0.3 is 0 Å². The molecule has 0 aromatic rings. The summed E-state index contributed by atoms with van der Waals surface area (Å²) < 4.78 is 0. The van der Waals surface area contributed by atoms with E-state index in [1.165, 1.54) is 199 Å². The average Bonchev–Trinajstić information content (AvgIpc) is 3.29. The van der Waals surface area contributed by atoms with Crippen LogP contribution in [0.1, 0.15) is 290 Å². The molecule has 0 aliphatic rings. The van der Waals surface area contributed by atoms with E-state index in [2.05, 4.69) is 79.9 Å². The molecule has 1 amide bonds. The van der Waals surface area contributed by atoms with Crippen LogP contribution < -0.4 is 5.32 Å². The average molecular weight is 881 g/mol. The second-order valence-corrected chi connectivity index (χ2v) is 19.0. The number of amides is 1. The van der Waals surface area contributed by atoms with Crippen molar-refractivity contribution in [2.24, 2.45) is 0 Å². The molecular weight excluding hydrogens is 771 g/mol. The molecule has 3 N–H and O–H groups in total. The summed E-state index contributed by atoms with van der Waals surface area (Å²) >= 11 is 0. The van der Waals surface area contributed by atoms with E-state index in [0.29, 0.717) is 12.8 Å². The van der Waals surface area contributed by atoms with E-state index in [9.17, 15) is 15.0 Å². The van der Waals surface area contributed by atoms with Gasteiger partial charge in [-0.15, -0.1) is 0 Å². The Balaban J connectivity index is 3.48. The van der Waals surface area contributed by atoms with E-state index >= 15 is 0 Å². The normalized spacial score (nSPS) is 13.3. The van der Waals surface area contributed by atoms with Crippen molar-refractivity contribution in [1.29, 1.82) is 0 Å². The van der Waals surface area contributed by atoms with Crippen molar-refractivity contribution in [1.82, 2.24) is 5.32 Å². The molecule has 63 heavy (non-hydrogen) atoms. The van der Waals surface area contributed by atoms with Crippen molar-refractivity contribution in [2.45, 2.75) is 302 Å². The summed E-state index contributed by atoms with van der Waals surface area (Å²) in [5.74, 6) is -0.0411. The maximum Gasteiger partial charge on any atom is 0.220 e. The summed E-state index contributed by atoms with van der Waals surface area (Å²) in [6.45, 7) is 4.26. The highest BCUT2D eigenvalue weighted by atomic mass is 16.3. The highest BCUT2D eigenvalue weighted by molar-refractivity contribution is 5.76. The summed E-state index contributed by atoms with van der Waals surface area (Å²) in [5.41, 5.74) is 0. The van der Waals surface area contributed by atoms with Gasteiger partial charge in [-0.3, -0.25) is 4.79 Å². The number of unbranched alkanes of at least 4 members (excludes halogenated alkanes) is 34. The molecule has 0 spiro atoms. The number of carbonyl (C=O) groups is 1. The number of aliphatic hydroxyl groups is 2. The number of aliphatic hydroxyl groups excluding tert-OH is 2. The number of carbonyl (C=O) groups excluding carboxylic acids is 1. The van der Waals surface area contributed by atoms with Gasteiger partial charge in [0.15, 0.2) is 0 Å². The smallest absolute Gasteiger partial charge is 0.220 e. The van der Waals surface area contributed by atoms with E-state index in [1.807, 2.05) is 0 Å². The maximum absolute atomic E-state index is 12.5. The van der Waals surface area contributed by atoms with Crippen LogP contribution in [0.2, 0.25) is 0 Å². The van der Waals surface area contributed by atoms with Crippen LogP contribution >= 0.6 is 0 Å². The molecule has 0 saturated carbocycles. The van der Waals surface area contributed by atoms with Gasteiger partial charge in [0.2, 0.25) is 5.91 Å². The first-order valence-electron chi connectivity index (χ1n) is 28.0. The van der Waals surface area contributed by atoms with Gasteiger partial charge in [0.05, 0.1) is 18.8 Å². The topological polar surface area (TPSA) is 69.6 Å². The minimum absolute atomic E-state index is 0.0411. The first-order valence-corrected chi connectivity index (χ1v) is 28.0. The summed E-state index contributed by atoms with van der Waals surface area (Å²) in [6.07, 6.45) is 76.3. The van der Waals surface area contributed by atoms with Gasteiger partial charge in [0.25, 0.3) is 0 Å². The van der Waals surface area contributed by atoms with Crippen molar-refractivity contribution < 1.29 is 15.0 Å². The van der Waals surface area contributed by atoms with Gasteiger partial charge in [-0.05, 0) is 57.8 Å². The second kappa shape index (κ2) is 54.4. The van der Waals surface area contributed by atoms with Gasteiger partial charge in [-0.25, -0.2) is 0 Å². The first-order chi connectivity index (χ1) is 31.2. The van der Waals surface area contributed by atoms with Crippen LogP contribution in [0.15, 0.2) is 60.8 Å². The van der Waals surface area contributed by atoms with Crippen molar-refractivity contribution >= 4 is 5.91 Å². The lowest BCUT2D eigenvalue weighted by molar-refractivity contribution is -0.123. The zero-order valence-corrected chi connectivity index (χ0v) is 42.3. The number of hydrogen-bond donors (Lipinski definition) is 3. The predicted molar refractivity (Wildman–Crippen MR) is 281 cm³/mol. The van der Waals surface area contributed by atoms with Crippen molar-refractivity contribution in [3.05, 3.63) is 60.8 Å². The summed E-state index contributed by atoms with van der Waals surface area (Å²) in [6, 6.07) is -0.547. The Morgan fingerprint density at radius 1 is 0.397 bits per heavy atom. The predicted octanol–water partition coefficient (Wildman–Crippen LogP) is 18.4. The molecule has 0 heterocycles. The van der Waals surface area contributed by atoms with E-state index in [1.54, 1.807) is 0 Å². The lowest BCUT2D eigenvalue weighted by atomic mass is 10.0. The zero-order chi connectivity index (χ0) is 45.6. The molecule has 0 saturated heterocycles. The van der Waals surface area contributed by atoms with Crippen LogP contribution in [0, 0.1) is 0 Å². The molecule has 4 heteroatoms. The van der Waals surface area contributed by atoms with Gasteiger partial charge in [0, 0.05) is 6.42 Å². The van der Waals surface area contributed by atoms with Crippen molar-refractivity contribution in [2.75, 3.05) is 6.61 Å². The second-order valence-electron chi connectivity index (χ2n) is 19.0. The molecule has 4 nitrogen and oxygen atoms in total. The summed E-state index contributed by atoms with van der Waals surface area (Å²) in [5, 5.41) is 23.3. The molecule has 0 radical (unpaired) electrons. The highest BCUT2D eigenvalue weighted by Crippen LogP contribution is 2.17. The van der Waals surface area contributed by atoms with Gasteiger partial charge in [0.1, 0.15) is 0 Å². The molecule has 0 bridgehead atoms. The van der Waals surface area contributed by atoms with Gasteiger partial charge < -0.3 is 15.5 Å². The maximum atomic E-state index is 12.5. The number of nitrogens with one attached hydrogen (secondary N) is 1. The molecule has 2 unspecified atom stereocenters. The number of hydrogen-bond acceptors (Lipinski definition) is 3. The lowest BCUT2D eigenvalue weighted by Crippen LogP contribution is -2.45. The molecule has 0 aromatic heterocycles. The Morgan fingerprint density at radius 3 is 1.05 bits per heavy atom. The Kier molecular flexibility index (Phi) is 52.8. The number of rotatable bonds is 51. The standard InChI is InChI=1S/C59H109NO3/c1-3-5-7-9-11-13-15-17-19-21-23-25-27-28-29-30-31-33-34-36-38-40-42-44-46-48-50-52-54-58(62)57(56-61)60-59(63)55-53-51-49-47-45-43-41-39-37-35-32-26-24-22-20-18-16-14-12-10-8-6-4-2/h6,8,12,14,18,20,24,26,35,37,57-58,61-62H,3-5,7,9-11,13,15-17,19,21-23,25,27-34,36,38-56H2,1-2H3,(H,60,63)/b8-6-,14-12-,20-18-,26-24-,37-35-. The van der Waals surface area contributed by atoms with E-state index in [4.69, 9.17) is 0 Å². The van der Waals surface area contributed by atoms with E-state index in [0.717, 1.165) is 64.2 Å². The van der Waals surface area contributed by atoms with E-state index in [-0.39, 0.29) is 12.5 Å². The van der Waals surface area contributed by atoms with Gasteiger partial charge in [-0.2, -0.15) is 0 Å². The monoisotopic (exact) mass is 880 g/mol. The lowest BCUT2D eigenvalue weighted by Gasteiger charge is -2.22. The fourth-order valence-electron chi connectivity index (χ4n) is 8.57. The zero-order valence-electron chi connectivity index (χ0n) is 42.3. The summed E-state index contributed by atoms with van der Waals surface area (Å²) in [7, 11) is 0. The van der Waals surface area contributed by atoms with Crippen LogP contribution in [-0.2, 0) is 4.79 Å². The Morgan fingerprint density at radius 2 is 0.698 bits per heavy atom. The highest BCUT2D eigenvalue weighted by Gasteiger charge is 2.20. The molecule has 2 atom stereocenters. The Labute approximate surface area is 394 Å². The Bertz CT molecular complexity index is 1040. The third kappa shape index (κ3) is 50.9. The summed E-state index contributed by atoms with van der Waals surface area (Å²) in [4.78, 5) is 12.5. The van der Waals surface area contributed by atoms with Crippen molar-refractivity contribution in [3.63, 3.8) is 0 Å². The van der Waals surface area contributed by atoms with Crippen LogP contribution in [0.5, 0.6) is 0 Å².